The lowest BCUT2D eigenvalue weighted by Gasteiger charge is -2.25. The summed E-state index contributed by atoms with van der Waals surface area (Å²) in [6, 6.07) is 3.33. The molecule has 1 aromatic heterocycles. The lowest BCUT2D eigenvalue weighted by atomic mass is 9.85. The highest BCUT2D eigenvalue weighted by Gasteiger charge is 2.44. The van der Waals surface area contributed by atoms with Crippen molar-refractivity contribution in [1.29, 1.82) is 0 Å². The van der Waals surface area contributed by atoms with Gasteiger partial charge in [0.1, 0.15) is 4.60 Å². The van der Waals surface area contributed by atoms with Crippen molar-refractivity contribution in [2.24, 2.45) is 11.1 Å². The monoisotopic (exact) mass is 313 g/mol. The molecule has 1 aromatic rings. The number of hydrogen-bond acceptors (Lipinski definition) is 4. The molecule has 1 aliphatic rings. The molecular formula is C12H16BrN3O2. The van der Waals surface area contributed by atoms with Crippen molar-refractivity contribution in [3.63, 3.8) is 0 Å². The molecule has 0 spiro atoms. The van der Waals surface area contributed by atoms with Gasteiger partial charge in [0.25, 0.3) is 0 Å². The largest absolute Gasteiger partial charge is 0.379 e. The maximum atomic E-state index is 12.3. The minimum absolute atomic E-state index is 0.125. The molecule has 6 heteroatoms. The van der Waals surface area contributed by atoms with Crippen molar-refractivity contribution < 1.29 is 9.53 Å². The SMILES string of the molecule is Cc1nc(Br)ccc1NC(=O)C1(C)COCC1N. The Labute approximate surface area is 114 Å². The summed E-state index contributed by atoms with van der Waals surface area (Å²) in [5.41, 5.74) is 6.70. The Morgan fingerprint density at radius 3 is 2.94 bits per heavy atom. The van der Waals surface area contributed by atoms with Gasteiger partial charge in [0.15, 0.2) is 0 Å². The lowest BCUT2D eigenvalue weighted by Crippen LogP contribution is -2.47. The molecule has 2 unspecified atom stereocenters. The van der Waals surface area contributed by atoms with Gasteiger partial charge in [0.2, 0.25) is 5.91 Å². The number of rotatable bonds is 2. The first-order valence-corrected chi connectivity index (χ1v) is 6.51. The summed E-state index contributed by atoms with van der Waals surface area (Å²) < 4.78 is 6.01. The minimum atomic E-state index is -0.681. The molecule has 1 saturated heterocycles. The average molecular weight is 314 g/mol. The number of carbonyl (C=O) groups excluding carboxylic acids is 1. The Kier molecular flexibility index (Phi) is 3.70. The van der Waals surface area contributed by atoms with Crippen molar-refractivity contribution in [2.45, 2.75) is 19.9 Å². The van der Waals surface area contributed by atoms with Gasteiger partial charge in [-0.2, -0.15) is 0 Å². The number of pyridine rings is 1. The van der Waals surface area contributed by atoms with Gasteiger partial charge in [0.05, 0.1) is 30.0 Å². The van der Waals surface area contributed by atoms with Crippen molar-refractivity contribution >= 4 is 27.5 Å². The number of anilines is 1. The number of aryl methyl sites for hydroxylation is 1. The molecule has 1 fully saturated rings. The Hall–Kier alpha value is -0.980. The third kappa shape index (κ3) is 2.41. The Balaban J connectivity index is 2.16. The lowest BCUT2D eigenvalue weighted by molar-refractivity contribution is -0.125. The molecule has 0 aromatic carbocycles. The molecule has 2 atom stereocenters. The summed E-state index contributed by atoms with van der Waals surface area (Å²) >= 11 is 3.29. The number of halogens is 1. The number of ether oxygens (including phenoxy) is 1. The molecule has 1 amide bonds. The van der Waals surface area contributed by atoms with E-state index in [1.54, 1.807) is 6.07 Å². The van der Waals surface area contributed by atoms with Crippen LogP contribution >= 0.6 is 15.9 Å². The average Bonchev–Trinajstić information content (AvgIpc) is 2.64. The van der Waals surface area contributed by atoms with E-state index in [0.29, 0.717) is 18.9 Å². The third-order valence-electron chi connectivity index (χ3n) is 3.34. The van der Waals surface area contributed by atoms with Gasteiger partial charge in [-0.15, -0.1) is 0 Å². The molecule has 0 bridgehead atoms. The highest BCUT2D eigenvalue weighted by molar-refractivity contribution is 9.10. The molecule has 5 nitrogen and oxygen atoms in total. The van der Waals surface area contributed by atoms with E-state index in [2.05, 4.69) is 26.2 Å². The summed E-state index contributed by atoms with van der Waals surface area (Å²) in [6.45, 7) is 4.43. The normalized spacial score (nSPS) is 27.2. The van der Waals surface area contributed by atoms with Crippen molar-refractivity contribution in [3.8, 4) is 0 Å². The molecule has 0 saturated carbocycles. The Bertz CT molecular complexity index is 480. The van der Waals surface area contributed by atoms with Crippen LogP contribution in [0.4, 0.5) is 5.69 Å². The predicted molar refractivity (Wildman–Crippen MR) is 72.2 cm³/mol. The maximum absolute atomic E-state index is 12.3. The van der Waals surface area contributed by atoms with Gasteiger partial charge >= 0.3 is 0 Å². The van der Waals surface area contributed by atoms with Crippen molar-refractivity contribution in [2.75, 3.05) is 18.5 Å². The second kappa shape index (κ2) is 4.95. The molecule has 3 N–H and O–H groups in total. The van der Waals surface area contributed by atoms with Crippen LogP contribution in [0, 0.1) is 12.3 Å². The topological polar surface area (TPSA) is 77.2 Å². The van der Waals surface area contributed by atoms with Gasteiger partial charge in [-0.25, -0.2) is 4.98 Å². The van der Waals surface area contributed by atoms with Gasteiger partial charge in [-0.05, 0) is 41.9 Å². The molecule has 2 rings (SSSR count). The van der Waals surface area contributed by atoms with E-state index in [4.69, 9.17) is 10.5 Å². The number of carbonyl (C=O) groups is 1. The fourth-order valence-corrected chi connectivity index (χ4v) is 2.25. The van der Waals surface area contributed by atoms with E-state index in [1.807, 2.05) is 19.9 Å². The number of nitrogens with two attached hydrogens (primary N) is 1. The second-order valence-electron chi connectivity index (χ2n) is 4.76. The quantitative estimate of drug-likeness (QED) is 0.810. The number of hydrogen-bond donors (Lipinski definition) is 2. The highest BCUT2D eigenvalue weighted by atomic mass is 79.9. The first kappa shape index (κ1) is 13.5. The Morgan fingerprint density at radius 2 is 2.39 bits per heavy atom. The zero-order valence-electron chi connectivity index (χ0n) is 10.4. The first-order chi connectivity index (χ1) is 8.43. The van der Waals surface area contributed by atoms with Crippen LogP contribution in [0.5, 0.6) is 0 Å². The van der Waals surface area contributed by atoms with Crippen LogP contribution in [0.15, 0.2) is 16.7 Å². The van der Waals surface area contributed by atoms with Crippen LogP contribution in [0.1, 0.15) is 12.6 Å². The van der Waals surface area contributed by atoms with Crippen molar-refractivity contribution in [1.82, 2.24) is 4.98 Å². The van der Waals surface area contributed by atoms with E-state index in [1.165, 1.54) is 0 Å². The van der Waals surface area contributed by atoms with Gasteiger partial charge < -0.3 is 15.8 Å². The van der Waals surface area contributed by atoms with Crippen LogP contribution in [0.25, 0.3) is 0 Å². The first-order valence-electron chi connectivity index (χ1n) is 5.71. The summed E-state index contributed by atoms with van der Waals surface area (Å²) in [4.78, 5) is 16.5. The minimum Gasteiger partial charge on any atom is -0.379 e. The van der Waals surface area contributed by atoms with Gasteiger partial charge in [-0.3, -0.25) is 4.79 Å². The number of amides is 1. The Morgan fingerprint density at radius 1 is 1.67 bits per heavy atom. The van der Waals surface area contributed by atoms with E-state index in [0.717, 1.165) is 10.3 Å². The van der Waals surface area contributed by atoms with E-state index in [9.17, 15) is 4.79 Å². The fourth-order valence-electron chi connectivity index (χ4n) is 1.85. The summed E-state index contributed by atoms with van der Waals surface area (Å²) in [6.07, 6.45) is 0. The van der Waals surface area contributed by atoms with Gasteiger partial charge in [-0.1, -0.05) is 0 Å². The number of aromatic nitrogens is 1. The van der Waals surface area contributed by atoms with Crippen LogP contribution < -0.4 is 11.1 Å². The third-order valence-corrected chi connectivity index (χ3v) is 3.78. The summed E-state index contributed by atoms with van der Waals surface area (Å²) in [7, 11) is 0. The molecular weight excluding hydrogens is 298 g/mol. The van der Waals surface area contributed by atoms with E-state index in [-0.39, 0.29) is 11.9 Å². The molecule has 18 heavy (non-hydrogen) atoms. The maximum Gasteiger partial charge on any atom is 0.234 e. The van der Waals surface area contributed by atoms with Crippen LogP contribution in [0.2, 0.25) is 0 Å². The standard InChI is InChI=1S/C12H16BrN3O2/c1-7-8(3-4-10(13)15-7)16-11(17)12(2)6-18-5-9(12)14/h3-4,9H,5-6,14H2,1-2H3,(H,16,17). The number of nitrogens with zero attached hydrogens (tertiary/aromatic N) is 1. The zero-order chi connectivity index (χ0) is 13.3. The molecule has 0 radical (unpaired) electrons. The number of nitrogens with one attached hydrogen (secondary N) is 1. The smallest absolute Gasteiger partial charge is 0.234 e. The predicted octanol–water partition coefficient (Wildman–Crippen LogP) is 1.45. The molecule has 2 heterocycles. The van der Waals surface area contributed by atoms with Crippen molar-refractivity contribution in [3.05, 3.63) is 22.4 Å². The fraction of sp³-hybridized carbons (Fsp3) is 0.500. The van der Waals surface area contributed by atoms with Gasteiger partial charge in [0, 0.05) is 6.04 Å². The zero-order valence-corrected chi connectivity index (χ0v) is 12.0. The van der Waals surface area contributed by atoms with E-state index < -0.39 is 5.41 Å². The summed E-state index contributed by atoms with van der Waals surface area (Å²) in [5.74, 6) is -0.125. The van der Waals surface area contributed by atoms with Crippen LogP contribution in [0.3, 0.4) is 0 Å². The molecule has 0 aliphatic carbocycles. The second-order valence-corrected chi connectivity index (χ2v) is 5.57. The highest BCUT2D eigenvalue weighted by Crippen LogP contribution is 2.29. The van der Waals surface area contributed by atoms with Crippen LogP contribution in [-0.2, 0) is 9.53 Å². The molecule has 1 aliphatic heterocycles. The molecule has 98 valence electrons. The summed E-state index contributed by atoms with van der Waals surface area (Å²) in [5, 5.41) is 2.87. The van der Waals surface area contributed by atoms with Crippen LogP contribution in [-0.4, -0.2) is 30.1 Å². The van der Waals surface area contributed by atoms with E-state index >= 15 is 0 Å².